The molecule has 0 fully saturated rings. The van der Waals surface area contributed by atoms with Crippen LogP contribution in [0.4, 0.5) is 11.4 Å². The lowest BCUT2D eigenvalue weighted by molar-refractivity contribution is -0.383. The summed E-state index contributed by atoms with van der Waals surface area (Å²) in [6, 6.07) is 5.01. The van der Waals surface area contributed by atoms with Crippen LogP contribution in [0.5, 0.6) is 0 Å². The summed E-state index contributed by atoms with van der Waals surface area (Å²) in [7, 11) is 0. The van der Waals surface area contributed by atoms with Gasteiger partial charge in [-0.05, 0) is 18.6 Å². The summed E-state index contributed by atoms with van der Waals surface area (Å²) in [5.41, 5.74) is 0.902. The van der Waals surface area contributed by atoms with Crippen LogP contribution in [0.15, 0.2) is 30.6 Å². The van der Waals surface area contributed by atoms with Crippen LogP contribution in [-0.4, -0.2) is 15.9 Å². The molecule has 0 aliphatic heterocycles. The van der Waals surface area contributed by atoms with Crippen LogP contribution in [0.2, 0.25) is 0 Å². The van der Waals surface area contributed by atoms with E-state index < -0.39 is 0 Å². The molecule has 2 aromatic rings. The molecule has 1 unspecified atom stereocenters. The van der Waals surface area contributed by atoms with Gasteiger partial charge in [0.2, 0.25) is 0 Å². The molecular formula is C15H15N3O2. The highest BCUT2D eigenvalue weighted by atomic mass is 16.6. The lowest BCUT2D eigenvalue weighted by Gasteiger charge is -2.17. The van der Waals surface area contributed by atoms with Crippen molar-refractivity contribution in [3.63, 3.8) is 0 Å². The molecule has 102 valence electrons. The molecular weight excluding hydrogens is 254 g/mol. The van der Waals surface area contributed by atoms with Gasteiger partial charge in [0, 0.05) is 42.0 Å². The van der Waals surface area contributed by atoms with Crippen LogP contribution in [0.3, 0.4) is 0 Å². The number of hydrogen-bond acceptors (Lipinski definition) is 4. The monoisotopic (exact) mass is 269 g/mol. The minimum atomic E-state index is -0.384. The predicted octanol–water partition coefficient (Wildman–Crippen LogP) is 3.36. The van der Waals surface area contributed by atoms with Gasteiger partial charge in [0.05, 0.1) is 10.3 Å². The Morgan fingerprint density at radius 2 is 2.25 bits per heavy atom. The van der Waals surface area contributed by atoms with E-state index in [0.717, 1.165) is 17.5 Å². The normalized spacial score (nSPS) is 11.8. The van der Waals surface area contributed by atoms with Crippen molar-refractivity contribution in [3.05, 3.63) is 40.7 Å². The van der Waals surface area contributed by atoms with Crippen molar-refractivity contribution in [2.75, 3.05) is 5.32 Å². The molecule has 0 spiro atoms. The van der Waals surface area contributed by atoms with Crippen molar-refractivity contribution in [2.24, 2.45) is 0 Å². The second-order valence-electron chi connectivity index (χ2n) is 4.47. The smallest absolute Gasteiger partial charge is 0.277 e. The highest BCUT2D eigenvalue weighted by Crippen LogP contribution is 2.31. The van der Waals surface area contributed by atoms with Crippen molar-refractivity contribution >= 4 is 22.1 Å². The predicted molar refractivity (Wildman–Crippen MR) is 79.5 cm³/mol. The zero-order valence-corrected chi connectivity index (χ0v) is 11.2. The van der Waals surface area contributed by atoms with Gasteiger partial charge < -0.3 is 5.32 Å². The first kappa shape index (κ1) is 13.8. The van der Waals surface area contributed by atoms with Crippen LogP contribution in [0.1, 0.15) is 19.8 Å². The van der Waals surface area contributed by atoms with Crippen molar-refractivity contribution in [3.8, 4) is 12.3 Å². The van der Waals surface area contributed by atoms with E-state index in [0.29, 0.717) is 11.8 Å². The number of hydrogen-bond donors (Lipinski definition) is 1. The Morgan fingerprint density at radius 3 is 2.90 bits per heavy atom. The average Bonchev–Trinajstić information content (AvgIpc) is 2.46. The summed E-state index contributed by atoms with van der Waals surface area (Å²) >= 11 is 0. The quantitative estimate of drug-likeness (QED) is 0.513. The van der Waals surface area contributed by atoms with Crippen LogP contribution >= 0.6 is 0 Å². The first-order chi connectivity index (χ1) is 9.67. The number of terminal acetylenes is 1. The second kappa shape index (κ2) is 6.02. The number of anilines is 1. The van der Waals surface area contributed by atoms with Crippen molar-refractivity contribution in [1.82, 2.24) is 4.98 Å². The van der Waals surface area contributed by atoms with Gasteiger partial charge in [0.15, 0.2) is 0 Å². The Morgan fingerprint density at radius 1 is 1.45 bits per heavy atom. The van der Waals surface area contributed by atoms with Gasteiger partial charge in [-0.2, -0.15) is 0 Å². The summed E-state index contributed by atoms with van der Waals surface area (Å²) in [5.74, 6) is 2.63. The summed E-state index contributed by atoms with van der Waals surface area (Å²) in [5, 5.41) is 15.7. The van der Waals surface area contributed by atoms with E-state index in [1.54, 1.807) is 24.5 Å². The fourth-order valence-electron chi connectivity index (χ4n) is 2.12. The third kappa shape index (κ3) is 2.69. The average molecular weight is 269 g/mol. The zero-order valence-electron chi connectivity index (χ0n) is 11.2. The fourth-order valence-corrected chi connectivity index (χ4v) is 2.12. The maximum atomic E-state index is 11.0. The number of non-ortho nitro benzene ring substituents is 1. The van der Waals surface area contributed by atoms with Gasteiger partial charge in [-0.25, -0.2) is 0 Å². The van der Waals surface area contributed by atoms with Gasteiger partial charge in [-0.3, -0.25) is 15.1 Å². The molecule has 0 amide bonds. The molecule has 2 rings (SSSR count). The van der Waals surface area contributed by atoms with Crippen molar-refractivity contribution in [2.45, 2.75) is 25.8 Å². The van der Waals surface area contributed by atoms with Crippen molar-refractivity contribution in [1.29, 1.82) is 0 Å². The van der Waals surface area contributed by atoms with E-state index in [-0.39, 0.29) is 16.7 Å². The van der Waals surface area contributed by atoms with Crippen LogP contribution in [-0.2, 0) is 0 Å². The number of nitrogens with one attached hydrogen (secondary N) is 1. The highest BCUT2D eigenvalue weighted by Gasteiger charge is 2.15. The summed E-state index contributed by atoms with van der Waals surface area (Å²) in [6.07, 6.45) is 10.0. The molecule has 1 heterocycles. The maximum Gasteiger partial charge on any atom is 0.277 e. The Hall–Kier alpha value is -2.61. The van der Waals surface area contributed by atoms with Gasteiger partial charge in [-0.1, -0.05) is 6.92 Å². The van der Waals surface area contributed by atoms with Crippen LogP contribution in [0, 0.1) is 22.5 Å². The zero-order chi connectivity index (χ0) is 14.5. The lowest BCUT2D eigenvalue weighted by atomic mass is 10.1. The molecule has 20 heavy (non-hydrogen) atoms. The first-order valence-electron chi connectivity index (χ1n) is 6.38. The summed E-state index contributed by atoms with van der Waals surface area (Å²) < 4.78 is 0. The van der Waals surface area contributed by atoms with E-state index in [4.69, 9.17) is 6.42 Å². The van der Waals surface area contributed by atoms with Gasteiger partial charge in [0.25, 0.3) is 5.69 Å². The van der Waals surface area contributed by atoms with Crippen LogP contribution in [0.25, 0.3) is 10.8 Å². The van der Waals surface area contributed by atoms with Gasteiger partial charge >= 0.3 is 0 Å². The SMILES string of the molecule is C#CCC(CC)Nc1ccc([N+](=O)[O-])c2ccncc12. The maximum absolute atomic E-state index is 11.0. The number of benzene rings is 1. The summed E-state index contributed by atoms with van der Waals surface area (Å²) in [6.45, 7) is 2.04. The minimum Gasteiger partial charge on any atom is -0.381 e. The van der Waals surface area contributed by atoms with E-state index >= 15 is 0 Å². The Kier molecular flexibility index (Phi) is 4.16. The van der Waals surface area contributed by atoms with Crippen molar-refractivity contribution < 1.29 is 4.92 Å². The number of pyridine rings is 1. The second-order valence-corrected chi connectivity index (χ2v) is 4.47. The van der Waals surface area contributed by atoms with Crippen LogP contribution < -0.4 is 5.32 Å². The fraction of sp³-hybridized carbons (Fsp3) is 0.267. The molecule has 5 nitrogen and oxygen atoms in total. The molecule has 0 bridgehead atoms. The third-order valence-corrected chi connectivity index (χ3v) is 3.21. The Bertz CT molecular complexity index is 676. The van der Waals surface area contributed by atoms with E-state index in [2.05, 4.69) is 16.2 Å². The molecule has 0 aliphatic rings. The number of nitro benzene ring substituents is 1. The number of aromatic nitrogens is 1. The largest absolute Gasteiger partial charge is 0.381 e. The molecule has 0 radical (unpaired) electrons. The van der Waals surface area contributed by atoms with E-state index in [1.165, 1.54) is 6.07 Å². The minimum absolute atomic E-state index is 0.0814. The molecule has 0 aliphatic carbocycles. The summed E-state index contributed by atoms with van der Waals surface area (Å²) in [4.78, 5) is 14.7. The number of nitrogens with zero attached hydrogens (tertiary/aromatic N) is 2. The first-order valence-corrected chi connectivity index (χ1v) is 6.38. The molecule has 0 saturated carbocycles. The van der Waals surface area contributed by atoms with E-state index in [9.17, 15) is 10.1 Å². The highest BCUT2D eigenvalue weighted by molar-refractivity contribution is 5.99. The Labute approximate surface area is 117 Å². The molecule has 1 N–H and O–H groups in total. The standard InChI is InChI=1S/C15H15N3O2/c1-3-5-11(4-2)17-14-6-7-15(18(19)20)12-8-9-16-10-13(12)14/h1,6-11,17H,4-5H2,2H3. The van der Waals surface area contributed by atoms with Gasteiger partial charge in [0.1, 0.15) is 0 Å². The lowest BCUT2D eigenvalue weighted by Crippen LogP contribution is -2.17. The van der Waals surface area contributed by atoms with E-state index in [1.807, 2.05) is 6.92 Å². The number of nitro groups is 1. The van der Waals surface area contributed by atoms with Gasteiger partial charge in [-0.15, -0.1) is 12.3 Å². The molecule has 5 heteroatoms. The Balaban J connectivity index is 2.48. The molecule has 1 aromatic carbocycles. The number of rotatable bonds is 5. The topological polar surface area (TPSA) is 68.1 Å². The third-order valence-electron chi connectivity index (χ3n) is 3.21. The molecule has 0 saturated heterocycles. The number of fused-ring (bicyclic) bond motifs is 1. The molecule has 1 atom stereocenters. The molecule has 1 aromatic heterocycles.